The minimum Gasteiger partial charge on any atom is -0.489 e. The summed E-state index contributed by atoms with van der Waals surface area (Å²) in [7, 11) is 0. The topological polar surface area (TPSA) is 24.5 Å². The van der Waals surface area contributed by atoms with Crippen molar-refractivity contribution in [1.82, 2.24) is 10.2 Å². The smallest absolute Gasteiger partial charge is 0.120 e. The van der Waals surface area contributed by atoms with Crippen LogP contribution in [0.15, 0.2) is 54.6 Å². The van der Waals surface area contributed by atoms with E-state index in [9.17, 15) is 0 Å². The number of nitrogens with zero attached hydrogens (tertiary/aromatic N) is 1. The Balaban J connectivity index is 1.66. The zero-order valence-electron chi connectivity index (χ0n) is 17.8. The van der Waals surface area contributed by atoms with E-state index < -0.39 is 0 Å². The van der Waals surface area contributed by atoms with Crippen molar-refractivity contribution in [1.29, 1.82) is 0 Å². The molecular weight excluding hydrogens is 344 g/mol. The molecule has 0 aromatic heterocycles. The maximum absolute atomic E-state index is 5.93. The molecule has 0 unspecified atom stereocenters. The van der Waals surface area contributed by atoms with E-state index in [1.165, 1.54) is 62.9 Å². The number of hydrogen-bond donors (Lipinski definition) is 1. The molecule has 0 aliphatic carbocycles. The van der Waals surface area contributed by atoms with Crippen molar-refractivity contribution in [2.24, 2.45) is 0 Å². The lowest BCUT2D eigenvalue weighted by Gasteiger charge is -2.22. The first-order valence-corrected chi connectivity index (χ1v) is 11.0. The number of ether oxygens (including phenoxy) is 1. The van der Waals surface area contributed by atoms with Gasteiger partial charge in [0.15, 0.2) is 0 Å². The van der Waals surface area contributed by atoms with Crippen molar-refractivity contribution in [2.45, 2.75) is 59.1 Å². The number of rotatable bonds is 15. The second-order valence-corrected chi connectivity index (χ2v) is 7.50. The lowest BCUT2D eigenvalue weighted by atomic mass is 10.2. The molecule has 154 valence electrons. The van der Waals surface area contributed by atoms with E-state index >= 15 is 0 Å². The van der Waals surface area contributed by atoms with Gasteiger partial charge in [0.2, 0.25) is 0 Å². The minimum absolute atomic E-state index is 0.614. The average Bonchev–Trinajstić information content (AvgIpc) is 2.74. The van der Waals surface area contributed by atoms with Crippen molar-refractivity contribution in [3.63, 3.8) is 0 Å². The number of unbranched alkanes of at least 4 members (excludes halogenated alkanes) is 2. The second kappa shape index (κ2) is 14.2. The maximum atomic E-state index is 5.93. The normalized spacial score (nSPS) is 11.1. The SMILES string of the molecule is CCCCN(CCCC)CCCNCc1cccc(OCc2ccccc2)c1. The predicted molar refractivity (Wildman–Crippen MR) is 120 cm³/mol. The summed E-state index contributed by atoms with van der Waals surface area (Å²) < 4.78 is 5.93. The molecule has 0 atom stereocenters. The van der Waals surface area contributed by atoms with Crippen LogP contribution in [0.2, 0.25) is 0 Å². The van der Waals surface area contributed by atoms with E-state index in [1.807, 2.05) is 24.3 Å². The molecule has 0 heterocycles. The second-order valence-electron chi connectivity index (χ2n) is 7.50. The summed E-state index contributed by atoms with van der Waals surface area (Å²) in [5.74, 6) is 0.938. The molecule has 2 aromatic carbocycles. The molecular formula is C25H38N2O. The monoisotopic (exact) mass is 382 g/mol. The molecule has 0 saturated carbocycles. The molecule has 3 heteroatoms. The van der Waals surface area contributed by atoms with Crippen LogP contribution in [0.3, 0.4) is 0 Å². The van der Waals surface area contributed by atoms with Crippen LogP contribution in [-0.4, -0.2) is 31.1 Å². The van der Waals surface area contributed by atoms with Crippen LogP contribution >= 0.6 is 0 Å². The van der Waals surface area contributed by atoms with Crippen LogP contribution in [-0.2, 0) is 13.2 Å². The molecule has 0 aliphatic rings. The molecule has 2 aromatic rings. The molecule has 0 amide bonds. The first-order valence-electron chi connectivity index (χ1n) is 11.0. The lowest BCUT2D eigenvalue weighted by molar-refractivity contribution is 0.261. The highest BCUT2D eigenvalue weighted by molar-refractivity contribution is 5.29. The molecule has 0 aliphatic heterocycles. The van der Waals surface area contributed by atoms with Gasteiger partial charge in [-0.25, -0.2) is 0 Å². The number of benzene rings is 2. The van der Waals surface area contributed by atoms with Gasteiger partial charge >= 0.3 is 0 Å². The van der Waals surface area contributed by atoms with Crippen LogP contribution in [0.25, 0.3) is 0 Å². The van der Waals surface area contributed by atoms with Gasteiger partial charge in [-0.15, -0.1) is 0 Å². The molecule has 0 radical (unpaired) electrons. The van der Waals surface area contributed by atoms with Crippen LogP contribution in [0, 0.1) is 0 Å². The molecule has 0 fully saturated rings. The third kappa shape index (κ3) is 9.38. The molecule has 0 spiro atoms. The van der Waals surface area contributed by atoms with Gasteiger partial charge in [0.05, 0.1) is 0 Å². The standard InChI is InChI=1S/C25H38N2O/c1-3-5-17-27(18-6-4-2)19-11-16-26-21-24-14-10-15-25(20-24)28-22-23-12-8-7-9-13-23/h7-10,12-15,20,26H,3-6,11,16-19,21-22H2,1-2H3. The average molecular weight is 383 g/mol. The zero-order chi connectivity index (χ0) is 19.9. The van der Waals surface area contributed by atoms with Gasteiger partial charge in [0.25, 0.3) is 0 Å². The van der Waals surface area contributed by atoms with E-state index in [4.69, 9.17) is 4.74 Å². The fourth-order valence-electron chi connectivity index (χ4n) is 3.25. The van der Waals surface area contributed by atoms with Gasteiger partial charge in [-0.2, -0.15) is 0 Å². The van der Waals surface area contributed by atoms with Crippen LogP contribution in [0.1, 0.15) is 57.1 Å². The lowest BCUT2D eigenvalue weighted by Crippen LogP contribution is -2.29. The summed E-state index contributed by atoms with van der Waals surface area (Å²) in [5, 5.41) is 3.59. The minimum atomic E-state index is 0.614. The van der Waals surface area contributed by atoms with Gasteiger partial charge in [-0.05, 0) is 68.7 Å². The highest BCUT2D eigenvalue weighted by atomic mass is 16.5. The van der Waals surface area contributed by atoms with Gasteiger partial charge in [0.1, 0.15) is 12.4 Å². The first kappa shape index (κ1) is 22.4. The Hall–Kier alpha value is -1.84. The Morgan fingerprint density at radius 2 is 1.46 bits per heavy atom. The fourth-order valence-corrected chi connectivity index (χ4v) is 3.25. The van der Waals surface area contributed by atoms with Crippen LogP contribution in [0.4, 0.5) is 0 Å². The van der Waals surface area contributed by atoms with Crippen LogP contribution < -0.4 is 10.1 Å². The molecule has 28 heavy (non-hydrogen) atoms. The summed E-state index contributed by atoms with van der Waals surface area (Å²) in [6.07, 6.45) is 6.39. The number of nitrogens with one attached hydrogen (secondary N) is 1. The summed E-state index contributed by atoms with van der Waals surface area (Å²) in [4.78, 5) is 2.63. The van der Waals surface area contributed by atoms with E-state index in [0.717, 1.165) is 18.8 Å². The largest absolute Gasteiger partial charge is 0.489 e. The fraction of sp³-hybridized carbons (Fsp3) is 0.520. The molecule has 1 N–H and O–H groups in total. The molecule has 0 bridgehead atoms. The summed E-state index contributed by atoms with van der Waals surface area (Å²) in [6.45, 7) is 10.8. The maximum Gasteiger partial charge on any atom is 0.120 e. The third-order valence-electron chi connectivity index (χ3n) is 4.96. The van der Waals surface area contributed by atoms with Gasteiger partial charge in [-0.3, -0.25) is 0 Å². The Labute approximate surface area is 172 Å². The van der Waals surface area contributed by atoms with E-state index in [0.29, 0.717) is 6.61 Å². The predicted octanol–water partition coefficient (Wildman–Crippen LogP) is 5.65. The van der Waals surface area contributed by atoms with Crippen LogP contribution in [0.5, 0.6) is 5.75 Å². The van der Waals surface area contributed by atoms with Crippen molar-refractivity contribution in [2.75, 3.05) is 26.2 Å². The molecule has 3 nitrogen and oxygen atoms in total. The van der Waals surface area contributed by atoms with Crippen molar-refractivity contribution in [3.8, 4) is 5.75 Å². The quantitative estimate of drug-likeness (QED) is 0.403. The Kier molecular flexibility index (Phi) is 11.4. The Morgan fingerprint density at radius 3 is 2.18 bits per heavy atom. The molecule has 0 saturated heterocycles. The first-order chi connectivity index (χ1) is 13.8. The summed E-state index contributed by atoms with van der Waals surface area (Å²) in [5.41, 5.74) is 2.47. The van der Waals surface area contributed by atoms with E-state index in [-0.39, 0.29) is 0 Å². The highest BCUT2D eigenvalue weighted by Gasteiger charge is 2.03. The van der Waals surface area contributed by atoms with Crippen molar-refractivity contribution < 1.29 is 4.74 Å². The molecule has 2 rings (SSSR count). The van der Waals surface area contributed by atoms with Gasteiger partial charge in [0, 0.05) is 6.54 Å². The van der Waals surface area contributed by atoms with E-state index in [2.05, 4.69) is 54.4 Å². The Bertz CT molecular complexity index is 621. The Morgan fingerprint density at radius 1 is 0.786 bits per heavy atom. The summed E-state index contributed by atoms with van der Waals surface area (Å²) in [6, 6.07) is 18.7. The van der Waals surface area contributed by atoms with Crippen molar-refractivity contribution in [3.05, 3.63) is 65.7 Å². The number of hydrogen-bond acceptors (Lipinski definition) is 3. The third-order valence-corrected chi connectivity index (χ3v) is 4.96. The van der Waals surface area contributed by atoms with Gasteiger partial charge < -0.3 is 15.0 Å². The zero-order valence-corrected chi connectivity index (χ0v) is 17.8. The summed E-state index contributed by atoms with van der Waals surface area (Å²) >= 11 is 0. The highest BCUT2D eigenvalue weighted by Crippen LogP contribution is 2.15. The van der Waals surface area contributed by atoms with Crippen molar-refractivity contribution >= 4 is 0 Å². The van der Waals surface area contributed by atoms with E-state index in [1.54, 1.807) is 0 Å². The van der Waals surface area contributed by atoms with Gasteiger partial charge in [-0.1, -0.05) is 69.2 Å².